The normalized spacial score (nSPS) is 37.2. The highest BCUT2D eigenvalue weighted by Crippen LogP contribution is 2.38. The van der Waals surface area contributed by atoms with Crippen LogP contribution in [0.5, 0.6) is 0 Å². The van der Waals surface area contributed by atoms with Gasteiger partial charge in [-0.25, -0.2) is 4.79 Å². The van der Waals surface area contributed by atoms with E-state index in [4.69, 9.17) is 28.4 Å². The number of aliphatic hydroxyl groups is 3. The van der Waals surface area contributed by atoms with E-state index in [2.05, 4.69) is 4.74 Å². The van der Waals surface area contributed by atoms with Gasteiger partial charge in [0.25, 0.3) is 11.7 Å². The van der Waals surface area contributed by atoms with Crippen molar-refractivity contribution < 1.29 is 85.6 Å². The number of carbonyl (C=O) groups excluding carboxylic acids is 5. The first-order chi connectivity index (χ1) is 34.9. The number of Topliss-reactive ketones (excluding diaryl/α,β-unsaturated/α-hetero) is 3. The number of halogens is 3. The van der Waals surface area contributed by atoms with Crippen LogP contribution in [0, 0.1) is 35.5 Å². The van der Waals surface area contributed by atoms with Gasteiger partial charge < -0.3 is 48.6 Å². The Bertz CT molecular complexity index is 1970. The first-order valence-corrected chi connectivity index (χ1v) is 26.4. The van der Waals surface area contributed by atoms with Crippen LogP contribution in [0.4, 0.5) is 13.2 Å². The molecule has 1 amide bonds. The monoisotopic (exact) mass is 1060 g/mol. The minimum absolute atomic E-state index is 0.00786. The van der Waals surface area contributed by atoms with Gasteiger partial charge in [-0.3, -0.25) is 23.9 Å². The molecule has 3 fully saturated rings. The van der Waals surface area contributed by atoms with Crippen LogP contribution >= 0.6 is 0 Å². The Morgan fingerprint density at radius 2 is 1.58 bits per heavy atom. The third-order valence-electron chi connectivity index (χ3n) is 15.3. The van der Waals surface area contributed by atoms with Crippen molar-refractivity contribution in [1.29, 1.82) is 0 Å². The maximum absolute atomic E-state index is 14.5. The van der Waals surface area contributed by atoms with Gasteiger partial charge in [-0.15, -0.1) is 13.2 Å². The third kappa shape index (κ3) is 18.2. The van der Waals surface area contributed by atoms with Crippen LogP contribution in [0.2, 0.25) is 0 Å². The molecular formula is C55H84F3NO15. The molecule has 74 heavy (non-hydrogen) atoms. The number of amides is 1. The maximum atomic E-state index is 14.5. The number of esters is 1. The number of cyclic esters (lactones) is 1. The van der Waals surface area contributed by atoms with Crippen LogP contribution in [0.3, 0.4) is 0 Å². The van der Waals surface area contributed by atoms with Crippen molar-refractivity contribution in [3.05, 3.63) is 47.6 Å². The zero-order valence-electron chi connectivity index (χ0n) is 44.9. The summed E-state index contributed by atoms with van der Waals surface area (Å²) in [6.07, 6.45) is 4.06. The summed E-state index contributed by atoms with van der Waals surface area (Å²) in [5.74, 6) is -9.11. The van der Waals surface area contributed by atoms with E-state index in [9.17, 15) is 52.5 Å². The number of fused-ring (bicyclic) bond motifs is 3. The Balaban J connectivity index is 1.72. The van der Waals surface area contributed by atoms with E-state index in [1.807, 2.05) is 19.9 Å². The molecule has 0 spiro atoms. The second kappa shape index (κ2) is 29.7. The van der Waals surface area contributed by atoms with Gasteiger partial charge in [0.15, 0.2) is 5.78 Å². The highest BCUT2D eigenvalue weighted by molar-refractivity contribution is 6.39. The summed E-state index contributed by atoms with van der Waals surface area (Å²) in [5, 5.41) is 32.9. The second-order valence-electron chi connectivity index (χ2n) is 21.1. The fourth-order valence-electron chi connectivity index (χ4n) is 10.8. The first-order valence-electron chi connectivity index (χ1n) is 26.4. The van der Waals surface area contributed by atoms with Crippen LogP contribution in [-0.4, -0.2) is 158 Å². The number of allylic oxidation sites excluding steroid dienone is 6. The molecule has 3 heterocycles. The zero-order valence-corrected chi connectivity index (χ0v) is 44.9. The van der Waals surface area contributed by atoms with Crippen molar-refractivity contribution in [3.8, 4) is 0 Å². The molecule has 3 N–H and O–H groups in total. The molecule has 19 heteroatoms. The lowest BCUT2D eigenvalue weighted by atomic mass is 9.78. The summed E-state index contributed by atoms with van der Waals surface area (Å²) in [6, 6.07) is -1.24. The Hall–Kier alpha value is -3.66. The van der Waals surface area contributed by atoms with Crippen molar-refractivity contribution >= 4 is 29.2 Å². The predicted molar refractivity (Wildman–Crippen MR) is 267 cm³/mol. The number of piperidine rings is 1. The highest BCUT2D eigenvalue weighted by atomic mass is 19.4. The molecule has 2 saturated heterocycles. The van der Waals surface area contributed by atoms with Gasteiger partial charge >= 0.3 is 12.3 Å². The molecule has 16 nitrogen and oxygen atoms in total. The van der Waals surface area contributed by atoms with E-state index < -0.39 is 103 Å². The Kier molecular flexibility index (Phi) is 25.3. The molecule has 4 aliphatic rings. The van der Waals surface area contributed by atoms with Crippen molar-refractivity contribution in [2.75, 3.05) is 47.2 Å². The van der Waals surface area contributed by atoms with E-state index in [-0.39, 0.29) is 81.1 Å². The maximum Gasteiger partial charge on any atom is 0.522 e. The lowest BCUT2D eigenvalue weighted by molar-refractivity contribution is -0.327. The van der Waals surface area contributed by atoms with Crippen LogP contribution in [0.15, 0.2) is 47.6 Å². The number of carbonyl (C=O) groups is 5. The summed E-state index contributed by atoms with van der Waals surface area (Å²) in [6.45, 7) is 10.9. The number of hydrogen-bond acceptors (Lipinski definition) is 15. The fourth-order valence-corrected chi connectivity index (χ4v) is 10.8. The topological polar surface area (TPSA) is 214 Å². The minimum Gasteiger partial charge on any atom is -0.460 e. The lowest BCUT2D eigenvalue weighted by Crippen LogP contribution is -2.61. The van der Waals surface area contributed by atoms with Gasteiger partial charge in [0.2, 0.25) is 5.79 Å². The second-order valence-corrected chi connectivity index (χ2v) is 21.1. The van der Waals surface area contributed by atoms with E-state index in [1.165, 1.54) is 7.11 Å². The van der Waals surface area contributed by atoms with Gasteiger partial charge in [-0.2, -0.15) is 0 Å². The lowest BCUT2D eigenvalue weighted by Gasteiger charge is -2.43. The molecule has 1 saturated carbocycles. The van der Waals surface area contributed by atoms with Crippen LogP contribution < -0.4 is 0 Å². The number of ether oxygens (including phenoxy) is 7. The summed E-state index contributed by atoms with van der Waals surface area (Å²) >= 11 is 0. The van der Waals surface area contributed by atoms with E-state index in [0.29, 0.717) is 56.1 Å². The van der Waals surface area contributed by atoms with Gasteiger partial charge in [-0.05, 0) is 107 Å². The predicted octanol–water partition coefficient (Wildman–Crippen LogP) is 7.10. The van der Waals surface area contributed by atoms with Crippen molar-refractivity contribution in [2.45, 2.75) is 186 Å². The van der Waals surface area contributed by atoms with Crippen LogP contribution in [-0.2, 0) is 57.1 Å². The minimum atomic E-state index is -4.88. The van der Waals surface area contributed by atoms with Crippen molar-refractivity contribution in [1.82, 2.24) is 4.90 Å². The Morgan fingerprint density at radius 1 is 0.851 bits per heavy atom. The summed E-state index contributed by atoms with van der Waals surface area (Å²) < 4.78 is 78.1. The van der Waals surface area contributed by atoms with Gasteiger partial charge in [0.1, 0.15) is 30.1 Å². The zero-order chi connectivity index (χ0) is 54.9. The summed E-state index contributed by atoms with van der Waals surface area (Å²) in [5.41, 5.74) is 0.914. The number of methoxy groups -OCH3 is 2. The largest absolute Gasteiger partial charge is 0.522 e. The molecule has 0 aromatic carbocycles. The standard InChI is InChI=1S/C55H84F3NO15/c1-33-15-11-10-12-16-34(2)45(71-25-26-72-55(56,57)58)31-41-20-18-39(7)54(67,74-41)51(64)52(65)59-22-14-13-17-42(59)53(66)73-46(36(4)29-40-19-21-44(70-24-23-60)47(30-40)68-8)32-43(61)35(3)28-38(6)49(63)50(69-9)48(62)37(5)27-33/h10-12,15-16,28,33,35-37,39-42,44-47,49-50,60,63,67H,13-14,17-27,29-32H2,1-9H3/b12-10+,15-11+,34-16+,38-28+/t33-,35-,36-,37-,39-,40?,41+,42+,44-,45-,46?,47-,49-,50+,54-/m1/s1. The molecule has 15 atom stereocenters. The van der Waals surface area contributed by atoms with Gasteiger partial charge in [0, 0.05) is 51.4 Å². The van der Waals surface area contributed by atoms with E-state index >= 15 is 0 Å². The SMILES string of the molecule is CO[C@@H]1CC(C[C@@H](C)C2CC(=O)[C@H](C)/C=C(\C)[C@@H](O)[C@@H](OC)C(=O)[C@H](C)C[C@H](C)/C=C/C=C/C=C(\C)[C@H](OCCOC(F)(F)F)C[C@@H]3CC[C@@H](C)[C@@](O)(O3)C(=O)C(=O)N3CCCC[C@H]3C(=O)O2)CC[C@H]1OCCO. The number of nitrogens with zero attached hydrogens (tertiary/aromatic N) is 1. The van der Waals surface area contributed by atoms with E-state index in [1.54, 1.807) is 72.1 Å². The highest BCUT2D eigenvalue weighted by Gasteiger charge is 2.53. The molecule has 3 aliphatic heterocycles. The molecular weight excluding hydrogens is 972 g/mol. The summed E-state index contributed by atoms with van der Waals surface area (Å²) in [4.78, 5) is 72.4. The third-order valence-corrected chi connectivity index (χ3v) is 15.3. The number of alkyl halides is 3. The smallest absolute Gasteiger partial charge is 0.460 e. The Morgan fingerprint density at radius 3 is 2.26 bits per heavy atom. The average Bonchev–Trinajstić information content (AvgIpc) is 3.36. The number of aliphatic hydroxyl groups excluding tert-OH is 2. The molecule has 2 bridgehead atoms. The van der Waals surface area contributed by atoms with Gasteiger partial charge in [0.05, 0.1) is 50.8 Å². The molecule has 2 unspecified atom stereocenters. The number of ketones is 3. The summed E-state index contributed by atoms with van der Waals surface area (Å²) in [7, 11) is 2.94. The molecule has 0 aromatic heterocycles. The Labute approximate surface area is 435 Å². The molecule has 4 rings (SSSR count). The molecule has 0 aromatic rings. The fraction of sp³-hybridized carbons (Fsp3) is 0.764. The van der Waals surface area contributed by atoms with Gasteiger partial charge in [-0.1, -0.05) is 71.1 Å². The molecule has 0 radical (unpaired) electrons. The number of rotatable bonds is 12. The van der Waals surface area contributed by atoms with Crippen LogP contribution in [0.1, 0.15) is 126 Å². The average molecular weight is 1060 g/mol. The number of hydrogen-bond donors (Lipinski definition) is 3. The van der Waals surface area contributed by atoms with Crippen molar-refractivity contribution in [3.63, 3.8) is 0 Å². The quantitative estimate of drug-likeness (QED) is 0.0770. The molecule has 1 aliphatic carbocycles. The van der Waals surface area contributed by atoms with Crippen molar-refractivity contribution in [2.24, 2.45) is 35.5 Å². The molecule has 420 valence electrons. The van der Waals surface area contributed by atoms with E-state index in [0.717, 1.165) is 11.3 Å². The van der Waals surface area contributed by atoms with Crippen LogP contribution in [0.25, 0.3) is 0 Å². The first kappa shape index (κ1) is 62.9.